The van der Waals surface area contributed by atoms with Gasteiger partial charge in [-0.25, -0.2) is 4.98 Å². The summed E-state index contributed by atoms with van der Waals surface area (Å²) < 4.78 is 4.71. The maximum absolute atomic E-state index is 4.79. The van der Waals surface area contributed by atoms with E-state index in [4.69, 9.17) is 4.98 Å². The van der Waals surface area contributed by atoms with Gasteiger partial charge in [0.05, 0.1) is 15.9 Å². The molecule has 3 nitrogen and oxygen atoms in total. The van der Waals surface area contributed by atoms with Gasteiger partial charge in [0, 0.05) is 35.1 Å². The molecule has 110 valence electrons. The van der Waals surface area contributed by atoms with Crippen molar-refractivity contribution in [3.63, 3.8) is 0 Å². The summed E-state index contributed by atoms with van der Waals surface area (Å²) in [6.45, 7) is 0. The Bertz CT molecular complexity index is 967. The lowest BCUT2D eigenvalue weighted by Gasteiger charge is -2.12. The molecule has 22 heavy (non-hydrogen) atoms. The van der Waals surface area contributed by atoms with E-state index in [1.165, 1.54) is 19.5 Å². The molecular formula is C17H14IN3S. The molecule has 4 aromatic rings. The van der Waals surface area contributed by atoms with E-state index in [9.17, 15) is 0 Å². The van der Waals surface area contributed by atoms with Gasteiger partial charge in [-0.3, -0.25) is 4.40 Å². The summed E-state index contributed by atoms with van der Waals surface area (Å²) in [6, 6.07) is 15.0. The van der Waals surface area contributed by atoms with Crippen LogP contribution in [0, 0.1) is 3.57 Å². The summed E-state index contributed by atoms with van der Waals surface area (Å²) >= 11 is 4.09. The molecule has 0 aliphatic rings. The van der Waals surface area contributed by atoms with Gasteiger partial charge >= 0.3 is 0 Å². The van der Waals surface area contributed by atoms with Crippen LogP contribution < -0.4 is 4.90 Å². The molecule has 0 unspecified atom stereocenters. The largest absolute Gasteiger partial charge is 0.378 e. The molecule has 0 N–H and O–H groups in total. The Labute approximate surface area is 146 Å². The Morgan fingerprint density at radius 1 is 1.09 bits per heavy atom. The van der Waals surface area contributed by atoms with Gasteiger partial charge in [0.2, 0.25) is 0 Å². The van der Waals surface area contributed by atoms with E-state index in [0.29, 0.717) is 0 Å². The average Bonchev–Trinajstić information content (AvgIpc) is 3.05. The highest BCUT2D eigenvalue weighted by Gasteiger charge is 2.10. The first-order valence-corrected chi connectivity index (χ1v) is 8.86. The molecule has 0 fully saturated rings. The van der Waals surface area contributed by atoms with Crippen LogP contribution in [-0.2, 0) is 0 Å². The minimum absolute atomic E-state index is 1.03. The number of thiazole rings is 1. The van der Waals surface area contributed by atoms with Crippen molar-refractivity contribution in [2.45, 2.75) is 0 Å². The van der Waals surface area contributed by atoms with Gasteiger partial charge in [-0.1, -0.05) is 23.5 Å². The Morgan fingerprint density at radius 3 is 2.59 bits per heavy atom. The number of aromatic nitrogens is 2. The zero-order valence-corrected chi connectivity index (χ0v) is 15.2. The van der Waals surface area contributed by atoms with Crippen LogP contribution in [0.3, 0.4) is 0 Å². The Kier molecular flexibility index (Phi) is 3.34. The predicted octanol–water partition coefficient (Wildman–Crippen LogP) is 4.89. The number of benzene rings is 2. The van der Waals surface area contributed by atoms with E-state index in [1.807, 2.05) is 0 Å². The molecule has 0 atom stereocenters. The number of halogens is 1. The first-order chi connectivity index (χ1) is 10.6. The van der Waals surface area contributed by atoms with E-state index >= 15 is 0 Å². The number of imidazole rings is 1. The smallest absolute Gasteiger partial charge is 0.195 e. The van der Waals surface area contributed by atoms with Gasteiger partial charge < -0.3 is 4.90 Å². The Hall–Kier alpha value is -1.60. The number of hydrogen-bond donors (Lipinski definition) is 0. The van der Waals surface area contributed by atoms with Crippen molar-refractivity contribution >= 4 is 54.8 Å². The standard InChI is InChI=1S/C17H14IN3S/c1-20(2)13-6-3-11(4-7-13)14-10-21-15-9-12(18)5-8-16(15)22-17(21)19-14/h3-10H,1-2H3. The molecule has 0 saturated heterocycles. The van der Waals surface area contributed by atoms with Crippen LogP contribution in [0.1, 0.15) is 0 Å². The lowest BCUT2D eigenvalue weighted by molar-refractivity contribution is 1.13. The van der Waals surface area contributed by atoms with E-state index < -0.39 is 0 Å². The normalized spacial score (nSPS) is 11.4. The molecule has 5 heteroatoms. The maximum atomic E-state index is 4.79. The van der Waals surface area contributed by atoms with Crippen molar-refractivity contribution in [1.82, 2.24) is 9.38 Å². The molecule has 0 amide bonds. The molecule has 0 spiro atoms. The van der Waals surface area contributed by atoms with Crippen molar-refractivity contribution in [3.05, 3.63) is 52.2 Å². The van der Waals surface area contributed by atoms with Crippen LogP contribution in [-0.4, -0.2) is 23.5 Å². The van der Waals surface area contributed by atoms with Crippen molar-refractivity contribution in [2.75, 3.05) is 19.0 Å². The summed E-state index contributed by atoms with van der Waals surface area (Å²) in [5.41, 5.74) is 4.61. The monoisotopic (exact) mass is 419 g/mol. The molecule has 2 aromatic heterocycles. The molecule has 0 aliphatic carbocycles. The maximum Gasteiger partial charge on any atom is 0.195 e. The quantitative estimate of drug-likeness (QED) is 0.432. The second-order valence-corrected chi connectivity index (χ2v) is 7.69. The molecule has 0 radical (unpaired) electrons. The van der Waals surface area contributed by atoms with Crippen LogP contribution >= 0.6 is 33.9 Å². The molecule has 2 aromatic carbocycles. The molecular weight excluding hydrogens is 405 g/mol. The second-order valence-electron chi connectivity index (χ2n) is 5.43. The first kappa shape index (κ1) is 14.0. The average molecular weight is 419 g/mol. The molecule has 0 bridgehead atoms. The number of rotatable bonds is 2. The van der Waals surface area contributed by atoms with Crippen molar-refractivity contribution in [2.24, 2.45) is 0 Å². The summed E-state index contributed by atoms with van der Waals surface area (Å²) in [4.78, 5) is 7.94. The van der Waals surface area contributed by atoms with Crippen LogP contribution in [0.2, 0.25) is 0 Å². The number of anilines is 1. The highest BCUT2D eigenvalue weighted by Crippen LogP contribution is 2.30. The second kappa shape index (κ2) is 5.24. The highest BCUT2D eigenvalue weighted by atomic mass is 127. The minimum Gasteiger partial charge on any atom is -0.378 e. The highest BCUT2D eigenvalue weighted by molar-refractivity contribution is 14.1. The van der Waals surface area contributed by atoms with Crippen molar-refractivity contribution in [3.8, 4) is 11.3 Å². The summed E-state index contributed by atoms with van der Waals surface area (Å²) in [5, 5.41) is 0. The summed E-state index contributed by atoms with van der Waals surface area (Å²) in [6.07, 6.45) is 2.13. The lowest BCUT2D eigenvalue weighted by atomic mass is 10.1. The van der Waals surface area contributed by atoms with Gasteiger partial charge in [0.15, 0.2) is 4.96 Å². The number of fused-ring (bicyclic) bond motifs is 3. The topological polar surface area (TPSA) is 20.5 Å². The van der Waals surface area contributed by atoms with E-state index in [1.54, 1.807) is 11.3 Å². The fourth-order valence-corrected chi connectivity index (χ4v) is 4.00. The SMILES string of the molecule is CN(C)c1ccc(-c2cn3c(n2)sc2ccc(I)cc23)cc1. The van der Waals surface area contributed by atoms with Crippen LogP contribution in [0.25, 0.3) is 26.4 Å². The van der Waals surface area contributed by atoms with E-state index in [-0.39, 0.29) is 0 Å². The summed E-state index contributed by atoms with van der Waals surface area (Å²) in [5.74, 6) is 0. The van der Waals surface area contributed by atoms with E-state index in [2.05, 4.69) is 94.6 Å². The molecule has 4 rings (SSSR count). The lowest BCUT2D eigenvalue weighted by Crippen LogP contribution is -2.07. The number of hydrogen-bond acceptors (Lipinski definition) is 3. The van der Waals surface area contributed by atoms with Gasteiger partial charge in [-0.05, 0) is 52.9 Å². The molecule has 0 aliphatic heterocycles. The van der Waals surface area contributed by atoms with Gasteiger partial charge in [-0.15, -0.1) is 0 Å². The fourth-order valence-electron chi connectivity index (χ4n) is 2.54. The zero-order chi connectivity index (χ0) is 15.3. The van der Waals surface area contributed by atoms with Crippen molar-refractivity contribution < 1.29 is 0 Å². The van der Waals surface area contributed by atoms with Gasteiger partial charge in [0.25, 0.3) is 0 Å². The number of nitrogens with zero attached hydrogens (tertiary/aromatic N) is 3. The summed E-state index contributed by atoms with van der Waals surface area (Å²) in [7, 11) is 4.10. The molecule has 2 heterocycles. The zero-order valence-electron chi connectivity index (χ0n) is 12.2. The minimum atomic E-state index is 1.03. The first-order valence-electron chi connectivity index (χ1n) is 6.97. The predicted molar refractivity (Wildman–Crippen MR) is 103 cm³/mol. The fraction of sp³-hybridized carbons (Fsp3) is 0.118. The third-order valence-corrected chi connectivity index (χ3v) is 5.44. The third-order valence-electron chi connectivity index (χ3n) is 3.73. The van der Waals surface area contributed by atoms with Gasteiger partial charge in [0.1, 0.15) is 0 Å². The van der Waals surface area contributed by atoms with Crippen molar-refractivity contribution in [1.29, 1.82) is 0 Å². The Morgan fingerprint density at radius 2 is 1.86 bits per heavy atom. The van der Waals surface area contributed by atoms with Crippen LogP contribution in [0.4, 0.5) is 5.69 Å². The third kappa shape index (κ3) is 2.28. The van der Waals surface area contributed by atoms with Crippen LogP contribution in [0.5, 0.6) is 0 Å². The van der Waals surface area contributed by atoms with E-state index in [0.717, 1.165) is 16.2 Å². The van der Waals surface area contributed by atoms with Gasteiger partial charge in [-0.2, -0.15) is 0 Å². The van der Waals surface area contributed by atoms with Crippen LogP contribution in [0.15, 0.2) is 48.7 Å². The Balaban J connectivity index is 1.83. The molecule has 0 saturated carbocycles.